The summed E-state index contributed by atoms with van der Waals surface area (Å²) in [4.78, 5) is 18.5. The van der Waals surface area contributed by atoms with Crippen LogP contribution in [0.25, 0.3) is 22.0 Å². The van der Waals surface area contributed by atoms with Gasteiger partial charge in [0.05, 0.1) is 51.1 Å². The smallest absolute Gasteiger partial charge is 0.298 e. The zero-order valence-corrected chi connectivity index (χ0v) is 36.0. The maximum Gasteiger partial charge on any atom is 0.298 e. The Morgan fingerprint density at radius 3 is 2.30 bits per heavy atom. The summed E-state index contributed by atoms with van der Waals surface area (Å²) in [5, 5.41) is 15.7. The van der Waals surface area contributed by atoms with E-state index in [0.717, 1.165) is 29.1 Å². The molecule has 12 nitrogen and oxygen atoms in total. The normalized spacial score (nSPS) is 17.5. The highest BCUT2D eigenvalue weighted by molar-refractivity contribution is 7.93. The van der Waals surface area contributed by atoms with Crippen molar-refractivity contribution in [1.29, 1.82) is 5.41 Å². The first-order chi connectivity index (χ1) is 29.8. The Kier molecular flexibility index (Phi) is 12.2. The fourth-order valence-electron chi connectivity index (χ4n) is 7.11. The first-order valence-electron chi connectivity index (χ1n) is 19.2. The molecule has 2 aromatic carbocycles. The number of carbonyl (C=O) groups is 1. The summed E-state index contributed by atoms with van der Waals surface area (Å²) in [5.41, 5.74) is -4.03. The van der Waals surface area contributed by atoms with Crippen molar-refractivity contribution >= 4 is 59.8 Å². The lowest BCUT2D eigenvalue weighted by atomic mass is 9.93. The number of hydrogen-bond acceptors (Lipinski definition) is 9. The van der Waals surface area contributed by atoms with E-state index < -0.39 is 115 Å². The van der Waals surface area contributed by atoms with Gasteiger partial charge in [-0.25, -0.2) is 48.2 Å². The Morgan fingerprint density at radius 2 is 1.69 bits per heavy atom. The minimum atomic E-state index is -4.04. The van der Waals surface area contributed by atoms with Gasteiger partial charge in [-0.2, -0.15) is 13.9 Å². The molecule has 2 aromatic heterocycles. The molecule has 64 heavy (non-hydrogen) atoms. The number of aromatic nitrogens is 3. The Hall–Kier alpha value is -5.53. The van der Waals surface area contributed by atoms with E-state index >= 15 is 8.78 Å². The lowest BCUT2D eigenvalue weighted by Crippen LogP contribution is -2.41. The fraction of sp³-hybridized carbons (Fsp3) is 0.366. The number of halogens is 9. The predicted octanol–water partition coefficient (Wildman–Crippen LogP) is 7.11. The van der Waals surface area contributed by atoms with Crippen LogP contribution < -0.4 is 15.4 Å². The molecule has 4 aromatic rings. The maximum atomic E-state index is 15.3. The van der Waals surface area contributed by atoms with Crippen LogP contribution in [-0.4, -0.2) is 84.8 Å². The number of sulfone groups is 1. The number of carbonyl (C=O) groups excluding carboxylic acids is 1. The van der Waals surface area contributed by atoms with Crippen molar-refractivity contribution in [3.8, 4) is 23.0 Å². The van der Waals surface area contributed by atoms with Crippen LogP contribution in [0.1, 0.15) is 49.7 Å². The van der Waals surface area contributed by atoms with Crippen LogP contribution in [0, 0.1) is 34.8 Å². The van der Waals surface area contributed by atoms with E-state index in [2.05, 4.69) is 37.3 Å². The van der Waals surface area contributed by atoms with E-state index in [0.29, 0.717) is 18.9 Å². The van der Waals surface area contributed by atoms with E-state index in [-0.39, 0.29) is 55.4 Å². The lowest BCUT2D eigenvalue weighted by Gasteiger charge is -2.24. The molecule has 0 unspecified atom stereocenters. The van der Waals surface area contributed by atoms with Gasteiger partial charge in [0, 0.05) is 29.0 Å². The molecule has 0 saturated heterocycles. The number of pyridine rings is 1. The van der Waals surface area contributed by atoms with E-state index in [9.17, 15) is 48.0 Å². The number of alkyl halides is 6. The first kappa shape index (κ1) is 46.5. The molecule has 1 fully saturated rings. The molecule has 340 valence electrons. The molecule has 0 spiro atoms. The number of allylic oxidation sites excluding steroid dienone is 4. The SMILES string of the molecule is CC(C)(C#Cc1ccc(-c2ccc(Cl)c3c(NS(=O)(=O)C4CC4)nn(CC(F)F)c23)c([C@H](Cc2cc(F)cc(F)c2)NC(=O)CNC2=C(C(=N)C(F)F)C3=C[C@H]3C2(F)F)n1)S(C)(=O)=O. The summed E-state index contributed by atoms with van der Waals surface area (Å²) in [6.45, 7) is 0.535. The van der Waals surface area contributed by atoms with Crippen molar-refractivity contribution < 1.29 is 56.8 Å². The van der Waals surface area contributed by atoms with Crippen LogP contribution in [0.3, 0.4) is 0 Å². The van der Waals surface area contributed by atoms with Crippen molar-refractivity contribution in [3.05, 3.63) is 99.0 Å². The van der Waals surface area contributed by atoms with Gasteiger partial charge in [0.1, 0.15) is 34.3 Å². The van der Waals surface area contributed by atoms with Gasteiger partial charge in [-0.3, -0.25) is 19.6 Å². The molecule has 0 bridgehead atoms. The third-order valence-corrected chi connectivity index (χ3v) is 14.9. The van der Waals surface area contributed by atoms with Crippen LogP contribution in [0.4, 0.5) is 40.9 Å². The van der Waals surface area contributed by atoms with Gasteiger partial charge in [-0.05, 0) is 80.5 Å². The van der Waals surface area contributed by atoms with Gasteiger partial charge in [-0.15, -0.1) is 0 Å². The van der Waals surface area contributed by atoms with Gasteiger partial charge in [0.25, 0.3) is 18.8 Å². The highest BCUT2D eigenvalue weighted by Gasteiger charge is 2.60. The molecule has 23 heteroatoms. The van der Waals surface area contributed by atoms with Crippen LogP contribution in [-0.2, 0) is 37.6 Å². The zero-order valence-electron chi connectivity index (χ0n) is 33.6. The third kappa shape index (κ3) is 9.33. The number of nitrogens with zero attached hydrogens (tertiary/aromatic N) is 3. The highest BCUT2D eigenvalue weighted by atomic mass is 35.5. The minimum absolute atomic E-state index is 0.00379. The van der Waals surface area contributed by atoms with E-state index in [1.807, 2.05) is 0 Å². The quantitative estimate of drug-likeness (QED) is 0.0522. The maximum absolute atomic E-state index is 15.3. The van der Waals surface area contributed by atoms with Crippen molar-refractivity contribution in [3.63, 3.8) is 0 Å². The molecule has 2 heterocycles. The van der Waals surface area contributed by atoms with E-state index in [4.69, 9.17) is 17.0 Å². The molecule has 3 aliphatic rings. The largest absolute Gasteiger partial charge is 0.374 e. The van der Waals surface area contributed by atoms with E-state index in [1.54, 1.807) is 0 Å². The van der Waals surface area contributed by atoms with Gasteiger partial charge >= 0.3 is 0 Å². The van der Waals surface area contributed by atoms with Crippen LogP contribution in [0.2, 0.25) is 5.02 Å². The molecule has 4 N–H and O–H groups in total. The number of rotatable bonds is 16. The molecule has 7 rings (SSSR count). The number of benzene rings is 2. The van der Waals surface area contributed by atoms with Crippen molar-refractivity contribution in [2.75, 3.05) is 17.5 Å². The van der Waals surface area contributed by atoms with E-state index in [1.165, 1.54) is 38.1 Å². The Balaban J connectivity index is 1.40. The molecule has 0 radical (unpaired) electrons. The summed E-state index contributed by atoms with van der Waals surface area (Å²) in [5.74, 6) is -3.63. The van der Waals surface area contributed by atoms with Gasteiger partial charge in [-0.1, -0.05) is 29.7 Å². The molecular weight excluding hydrogens is 922 g/mol. The molecule has 1 amide bonds. The van der Waals surface area contributed by atoms with Crippen molar-refractivity contribution in [2.45, 2.75) is 74.5 Å². The Labute approximate surface area is 366 Å². The Bertz CT molecular complexity index is 2960. The van der Waals surface area contributed by atoms with Gasteiger partial charge < -0.3 is 10.6 Å². The van der Waals surface area contributed by atoms with Crippen LogP contribution in [0.5, 0.6) is 0 Å². The van der Waals surface area contributed by atoms with Crippen LogP contribution in [0.15, 0.2) is 65.4 Å². The summed E-state index contributed by atoms with van der Waals surface area (Å²) >= 11 is 6.61. The number of fused-ring (bicyclic) bond motifs is 2. The highest BCUT2D eigenvalue weighted by Crippen LogP contribution is 2.57. The van der Waals surface area contributed by atoms with Crippen LogP contribution >= 0.6 is 11.6 Å². The Morgan fingerprint density at radius 1 is 1.03 bits per heavy atom. The van der Waals surface area contributed by atoms with Crippen molar-refractivity contribution in [2.24, 2.45) is 5.92 Å². The third-order valence-electron chi connectivity index (χ3n) is 10.8. The standard InChI is InChI=1S/C41H36ClF8N7O5S2/c1-40(2,63(3,59)60)11-10-22-4-7-24(25-8-9-28(42)33-36(25)57(18-30(45)46)55-39(33)56-64(61,62)23-5-6-23)35(53-22)29(14-19-12-20(43)15-21(44)13-19)54-31(58)17-52-37-32(34(51)38(47)48)26-16-27(26)41(37,49)50/h4,7-9,12-13,15-16,23,27,29-30,38,51-52H,5-6,14,17-18H2,1-3H3,(H,54,58)(H,55,56)/t27-,29+/m1/s1. The topological polar surface area (TPSA) is 176 Å². The summed E-state index contributed by atoms with van der Waals surface area (Å²) in [6.07, 6.45) is -4.35. The summed E-state index contributed by atoms with van der Waals surface area (Å²) in [6, 6.07) is 6.19. The van der Waals surface area contributed by atoms with Crippen molar-refractivity contribution in [1.82, 2.24) is 25.4 Å². The van der Waals surface area contributed by atoms with Gasteiger partial charge in [0.2, 0.25) is 15.9 Å². The number of sulfonamides is 1. The second kappa shape index (κ2) is 16.8. The molecule has 2 atom stereocenters. The molecule has 1 saturated carbocycles. The second-order valence-electron chi connectivity index (χ2n) is 15.9. The first-order valence-corrected chi connectivity index (χ1v) is 23.0. The molecular formula is C41H36ClF8N7O5S2. The van der Waals surface area contributed by atoms with Gasteiger partial charge in [0.15, 0.2) is 15.7 Å². The fourth-order valence-corrected chi connectivity index (χ4v) is 8.92. The summed E-state index contributed by atoms with van der Waals surface area (Å²) in [7, 11) is -7.84. The number of nitrogens with one attached hydrogen (secondary N) is 4. The monoisotopic (exact) mass is 957 g/mol. The zero-order chi connectivity index (χ0) is 46.8. The predicted molar refractivity (Wildman–Crippen MR) is 222 cm³/mol. The molecule has 0 aliphatic heterocycles. The summed E-state index contributed by atoms with van der Waals surface area (Å²) < 4.78 is 168. The number of anilines is 1. The molecule has 3 aliphatic carbocycles. The number of amides is 1. The second-order valence-corrected chi connectivity index (χ2v) is 20.8. The average Bonchev–Trinajstić information content (AvgIpc) is 4.11. The number of hydrogen-bond donors (Lipinski definition) is 4. The lowest BCUT2D eigenvalue weighted by molar-refractivity contribution is -0.121. The minimum Gasteiger partial charge on any atom is -0.374 e. The average molecular weight is 958 g/mol.